The molecule has 0 aliphatic rings. The predicted molar refractivity (Wildman–Crippen MR) is 102 cm³/mol. The van der Waals surface area contributed by atoms with Gasteiger partial charge >= 0.3 is 0 Å². The lowest BCUT2D eigenvalue weighted by Crippen LogP contribution is -2.15. The topological polar surface area (TPSA) is 38.0 Å². The summed E-state index contributed by atoms with van der Waals surface area (Å²) in [6.45, 7) is 13.0. The molecular weight excluding hydrogens is 280 g/mol. The fourth-order valence-electron chi connectivity index (χ4n) is 3.13. The van der Waals surface area contributed by atoms with Crippen molar-refractivity contribution in [1.82, 2.24) is 0 Å². The van der Waals surface area contributed by atoms with E-state index in [0.29, 0.717) is 6.04 Å². The Kier molecular flexibility index (Phi) is 5.35. The highest BCUT2D eigenvalue weighted by atomic mass is 14.9. The lowest BCUT2D eigenvalue weighted by atomic mass is 9.96. The van der Waals surface area contributed by atoms with Gasteiger partial charge in [-0.1, -0.05) is 31.2 Å². The van der Waals surface area contributed by atoms with Crippen LogP contribution in [0, 0.1) is 27.7 Å². The number of nitrogens with two attached hydrogens (primary N) is 1. The third-order valence-corrected chi connectivity index (χ3v) is 4.66. The Bertz CT molecular complexity index is 655. The van der Waals surface area contributed by atoms with Gasteiger partial charge in [-0.15, -0.1) is 0 Å². The first-order valence-corrected chi connectivity index (χ1v) is 8.54. The Balaban J connectivity index is 2.28. The first-order chi connectivity index (χ1) is 10.8. The van der Waals surface area contributed by atoms with Crippen LogP contribution in [0.3, 0.4) is 0 Å². The first kappa shape index (κ1) is 17.4. The van der Waals surface area contributed by atoms with Crippen molar-refractivity contribution < 1.29 is 0 Å². The molecule has 0 amide bonds. The lowest BCUT2D eigenvalue weighted by Gasteiger charge is -2.19. The van der Waals surface area contributed by atoms with Crippen molar-refractivity contribution in [2.45, 2.75) is 60.4 Å². The van der Waals surface area contributed by atoms with E-state index >= 15 is 0 Å². The smallest absolute Gasteiger partial charge is 0.0401 e. The molecule has 2 heteroatoms. The van der Waals surface area contributed by atoms with Crippen LogP contribution in [0.1, 0.15) is 53.6 Å². The minimum absolute atomic E-state index is 0.501. The number of nitrogen functional groups attached to an aromatic ring is 1. The SMILES string of the molecule is CCC(C)Nc1c(C)cc(Cc2cc(C)c(N)c(C)c2)cc1C. The Hall–Kier alpha value is -1.96. The van der Waals surface area contributed by atoms with E-state index in [0.717, 1.165) is 18.5 Å². The molecule has 0 fully saturated rings. The monoisotopic (exact) mass is 310 g/mol. The normalized spacial score (nSPS) is 12.3. The number of nitrogens with one attached hydrogen (secondary N) is 1. The summed E-state index contributed by atoms with van der Waals surface area (Å²) in [5.74, 6) is 0. The molecule has 0 saturated heterocycles. The van der Waals surface area contributed by atoms with E-state index in [1.54, 1.807) is 0 Å². The quantitative estimate of drug-likeness (QED) is 0.735. The number of benzene rings is 2. The van der Waals surface area contributed by atoms with E-state index in [1.165, 1.54) is 39.1 Å². The molecule has 0 radical (unpaired) electrons. The molecule has 2 aromatic carbocycles. The summed E-state index contributed by atoms with van der Waals surface area (Å²) >= 11 is 0. The largest absolute Gasteiger partial charge is 0.398 e. The molecule has 2 nitrogen and oxygen atoms in total. The number of hydrogen-bond donors (Lipinski definition) is 2. The molecule has 0 heterocycles. The molecule has 2 aromatic rings. The zero-order chi connectivity index (χ0) is 17.1. The fraction of sp³-hybridized carbons (Fsp3) is 0.429. The third-order valence-electron chi connectivity index (χ3n) is 4.66. The van der Waals surface area contributed by atoms with Gasteiger partial charge in [-0.3, -0.25) is 0 Å². The standard InChI is InChI=1S/C21H30N2/c1-7-17(6)23-21-15(4)10-19(11-16(21)5)12-18-8-13(2)20(22)14(3)9-18/h8-11,17,23H,7,12,22H2,1-6H3. The van der Waals surface area contributed by atoms with Crippen molar-refractivity contribution in [3.8, 4) is 0 Å². The predicted octanol–water partition coefficient (Wildman–Crippen LogP) is 5.30. The average Bonchev–Trinajstić information content (AvgIpc) is 2.48. The van der Waals surface area contributed by atoms with E-state index in [2.05, 4.69) is 71.1 Å². The summed E-state index contributed by atoms with van der Waals surface area (Å²) in [6, 6.07) is 9.52. The number of anilines is 2. The van der Waals surface area contributed by atoms with Crippen LogP contribution in [0.4, 0.5) is 11.4 Å². The van der Waals surface area contributed by atoms with Gasteiger partial charge in [0.05, 0.1) is 0 Å². The van der Waals surface area contributed by atoms with Crippen LogP contribution >= 0.6 is 0 Å². The van der Waals surface area contributed by atoms with Gasteiger partial charge in [0.2, 0.25) is 0 Å². The van der Waals surface area contributed by atoms with Gasteiger partial charge in [0.25, 0.3) is 0 Å². The van der Waals surface area contributed by atoms with Gasteiger partial charge in [-0.05, 0) is 80.8 Å². The molecule has 23 heavy (non-hydrogen) atoms. The first-order valence-electron chi connectivity index (χ1n) is 8.54. The maximum absolute atomic E-state index is 6.06. The number of hydrogen-bond acceptors (Lipinski definition) is 2. The second-order valence-electron chi connectivity index (χ2n) is 6.88. The summed E-state index contributed by atoms with van der Waals surface area (Å²) in [5.41, 5.74) is 15.9. The number of rotatable bonds is 5. The summed E-state index contributed by atoms with van der Waals surface area (Å²) in [6.07, 6.45) is 2.08. The van der Waals surface area contributed by atoms with Crippen LogP contribution < -0.4 is 11.1 Å². The molecular formula is C21H30N2. The Morgan fingerprint density at radius 2 is 1.30 bits per heavy atom. The van der Waals surface area contributed by atoms with Gasteiger partial charge in [0.15, 0.2) is 0 Å². The van der Waals surface area contributed by atoms with Crippen LogP contribution in [0.25, 0.3) is 0 Å². The Labute approximate surface area is 141 Å². The van der Waals surface area contributed by atoms with Gasteiger partial charge in [-0.2, -0.15) is 0 Å². The van der Waals surface area contributed by atoms with Crippen LogP contribution in [-0.4, -0.2) is 6.04 Å². The highest BCUT2D eigenvalue weighted by molar-refractivity contribution is 5.60. The minimum atomic E-state index is 0.501. The van der Waals surface area contributed by atoms with E-state index in [1.807, 2.05) is 0 Å². The molecule has 0 aliphatic heterocycles. The molecule has 0 aliphatic carbocycles. The second kappa shape index (κ2) is 7.08. The lowest BCUT2D eigenvalue weighted by molar-refractivity contribution is 0.762. The molecule has 3 N–H and O–H groups in total. The molecule has 0 bridgehead atoms. The van der Waals surface area contributed by atoms with Crippen LogP contribution in [0.2, 0.25) is 0 Å². The molecule has 0 saturated carbocycles. The maximum atomic E-state index is 6.06. The number of aryl methyl sites for hydroxylation is 4. The van der Waals surface area contributed by atoms with Gasteiger partial charge in [0.1, 0.15) is 0 Å². The van der Waals surface area contributed by atoms with E-state index in [9.17, 15) is 0 Å². The molecule has 0 spiro atoms. The van der Waals surface area contributed by atoms with Crippen molar-refractivity contribution in [1.29, 1.82) is 0 Å². The van der Waals surface area contributed by atoms with Crippen molar-refractivity contribution >= 4 is 11.4 Å². The van der Waals surface area contributed by atoms with E-state index in [-0.39, 0.29) is 0 Å². The molecule has 124 valence electrons. The third kappa shape index (κ3) is 4.07. The average molecular weight is 310 g/mol. The van der Waals surface area contributed by atoms with Crippen LogP contribution in [-0.2, 0) is 6.42 Å². The zero-order valence-electron chi connectivity index (χ0n) is 15.4. The van der Waals surface area contributed by atoms with Crippen LogP contribution in [0.15, 0.2) is 24.3 Å². The highest BCUT2D eigenvalue weighted by Gasteiger charge is 2.09. The molecule has 2 rings (SSSR count). The highest BCUT2D eigenvalue weighted by Crippen LogP contribution is 2.26. The van der Waals surface area contributed by atoms with E-state index < -0.39 is 0 Å². The van der Waals surface area contributed by atoms with Gasteiger partial charge in [0, 0.05) is 17.4 Å². The minimum Gasteiger partial charge on any atom is -0.398 e. The van der Waals surface area contributed by atoms with Crippen molar-refractivity contribution in [2.24, 2.45) is 0 Å². The summed E-state index contributed by atoms with van der Waals surface area (Å²) in [5, 5.41) is 3.63. The second-order valence-corrected chi connectivity index (χ2v) is 6.88. The van der Waals surface area contributed by atoms with Crippen molar-refractivity contribution in [3.05, 3.63) is 57.6 Å². The Morgan fingerprint density at radius 3 is 1.74 bits per heavy atom. The molecule has 0 aromatic heterocycles. The van der Waals surface area contributed by atoms with E-state index in [4.69, 9.17) is 5.73 Å². The van der Waals surface area contributed by atoms with Gasteiger partial charge < -0.3 is 11.1 Å². The summed E-state index contributed by atoms with van der Waals surface area (Å²) in [4.78, 5) is 0. The Morgan fingerprint density at radius 1 is 0.870 bits per heavy atom. The fourth-order valence-corrected chi connectivity index (χ4v) is 3.13. The molecule has 1 atom stereocenters. The van der Waals surface area contributed by atoms with Gasteiger partial charge in [-0.25, -0.2) is 0 Å². The summed E-state index contributed by atoms with van der Waals surface area (Å²) in [7, 11) is 0. The zero-order valence-corrected chi connectivity index (χ0v) is 15.4. The van der Waals surface area contributed by atoms with Crippen LogP contribution in [0.5, 0.6) is 0 Å². The molecule has 1 unspecified atom stereocenters. The summed E-state index contributed by atoms with van der Waals surface area (Å²) < 4.78 is 0. The van der Waals surface area contributed by atoms with Crippen molar-refractivity contribution in [3.63, 3.8) is 0 Å². The maximum Gasteiger partial charge on any atom is 0.0401 e. The van der Waals surface area contributed by atoms with Crippen molar-refractivity contribution in [2.75, 3.05) is 11.1 Å².